The fourth-order valence-corrected chi connectivity index (χ4v) is 1.75. The molecule has 2 unspecified atom stereocenters. The van der Waals surface area contributed by atoms with E-state index in [1.165, 1.54) is 0 Å². The second kappa shape index (κ2) is 2.95. The maximum Gasteiger partial charge on any atom is 0.245 e. The van der Waals surface area contributed by atoms with Gasteiger partial charge in [0.25, 0.3) is 0 Å². The van der Waals surface area contributed by atoms with Crippen molar-refractivity contribution >= 4 is 5.95 Å². The van der Waals surface area contributed by atoms with E-state index < -0.39 is 0 Å². The lowest BCUT2D eigenvalue weighted by Gasteiger charge is -2.19. The Bertz CT molecular complexity index is 299. The molecule has 1 aliphatic rings. The fraction of sp³-hybridized carbons (Fsp3) is 0.857. The molecule has 0 saturated carbocycles. The number of rotatable bonds is 1. The van der Waals surface area contributed by atoms with Gasteiger partial charge in [0, 0.05) is 19.6 Å². The van der Waals surface area contributed by atoms with E-state index in [1.54, 1.807) is 11.7 Å². The first-order chi connectivity index (χ1) is 6.18. The van der Waals surface area contributed by atoms with Gasteiger partial charge in [-0.2, -0.15) is 0 Å². The van der Waals surface area contributed by atoms with Crippen LogP contribution in [-0.2, 0) is 7.05 Å². The number of aliphatic hydroxyl groups excluding tert-OH is 1. The van der Waals surface area contributed by atoms with Crippen molar-refractivity contribution in [3.05, 3.63) is 0 Å². The van der Waals surface area contributed by atoms with Crippen molar-refractivity contribution in [2.75, 3.05) is 11.4 Å². The molecule has 72 valence electrons. The first-order valence-corrected chi connectivity index (χ1v) is 4.35. The molecule has 6 nitrogen and oxygen atoms in total. The standard InChI is InChI=1S/C7H13N5O/c1-5-3-6(13)4-12(5)7-8-9-10-11(7)2/h5-6,13H,3-4H2,1-2H3. The van der Waals surface area contributed by atoms with Gasteiger partial charge < -0.3 is 10.0 Å². The molecule has 6 heteroatoms. The molecule has 1 aromatic heterocycles. The Labute approximate surface area is 76.2 Å². The van der Waals surface area contributed by atoms with E-state index in [0.29, 0.717) is 12.6 Å². The third-order valence-corrected chi connectivity index (χ3v) is 2.41. The number of hydrogen-bond donors (Lipinski definition) is 1. The topological polar surface area (TPSA) is 67.1 Å². The van der Waals surface area contributed by atoms with Gasteiger partial charge in [0.1, 0.15) is 0 Å². The van der Waals surface area contributed by atoms with E-state index in [9.17, 15) is 5.11 Å². The van der Waals surface area contributed by atoms with E-state index in [2.05, 4.69) is 22.4 Å². The minimum absolute atomic E-state index is 0.258. The predicted octanol–water partition coefficient (Wildman–Crippen LogP) is -0.830. The van der Waals surface area contributed by atoms with Gasteiger partial charge in [-0.15, -0.1) is 0 Å². The Hall–Kier alpha value is -1.17. The maximum atomic E-state index is 9.44. The second-order valence-electron chi connectivity index (χ2n) is 3.49. The summed E-state index contributed by atoms with van der Waals surface area (Å²) in [6.07, 6.45) is 0.527. The van der Waals surface area contributed by atoms with Crippen molar-refractivity contribution in [2.45, 2.75) is 25.5 Å². The Morgan fingerprint density at radius 1 is 1.54 bits per heavy atom. The number of β-amino-alcohol motifs (C(OH)–C–C–N with tert-alkyl or cyclic N) is 1. The van der Waals surface area contributed by atoms with Crippen molar-refractivity contribution in [3.63, 3.8) is 0 Å². The molecule has 2 heterocycles. The molecule has 1 saturated heterocycles. The first-order valence-electron chi connectivity index (χ1n) is 4.35. The largest absolute Gasteiger partial charge is 0.391 e. The highest BCUT2D eigenvalue weighted by molar-refractivity contribution is 5.32. The molecule has 0 radical (unpaired) electrons. The van der Waals surface area contributed by atoms with Crippen LogP contribution in [0, 0.1) is 0 Å². The monoisotopic (exact) mass is 183 g/mol. The lowest BCUT2D eigenvalue weighted by molar-refractivity contribution is 0.195. The summed E-state index contributed by atoms with van der Waals surface area (Å²) < 4.78 is 1.62. The lowest BCUT2D eigenvalue weighted by atomic mass is 10.2. The van der Waals surface area contributed by atoms with Gasteiger partial charge in [0.05, 0.1) is 6.10 Å². The summed E-state index contributed by atoms with van der Waals surface area (Å²) in [6.45, 7) is 2.68. The minimum atomic E-state index is -0.258. The van der Waals surface area contributed by atoms with E-state index in [1.807, 2.05) is 4.90 Å². The Balaban J connectivity index is 2.22. The first kappa shape index (κ1) is 8.43. The molecule has 1 fully saturated rings. The molecule has 1 aliphatic heterocycles. The number of aliphatic hydroxyl groups is 1. The van der Waals surface area contributed by atoms with Gasteiger partial charge >= 0.3 is 0 Å². The van der Waals surface area contributed by atoms with Gasteiger partial charge in [-0.3, -0.25) is 0 Å². The molecule has 1 aromatic rings. The number of tetrazole rings is 1. The van der Waals surface area contributed by atoms with Gasteiger partial charge in [-0.05, 0) is 23.8 Å². The van der Waals surface area contributed by atoms with Gasteiger partial charge in [-0.1, -0.05) is 5.10 Å². The summed E-state index contributed by atoms with van der Waals surface area (Å²) in [5.74, 6) is 0.726. The van der Waals surface area contributed by atoms with Crippen LogP contribution >= 0.6 is 0 Å². The summed E-state index contributed by atoms with van der Waals surface area (Å²) in [4.78, 5) is 2.02. The summed E-state index contributed by atoms with van der Waals surface area (Å²) in [6, 6.07) is 0.305. The fourth-order valence-electron chi connectivity index (χ4n) is 1.75. The maximum absolute atomic E-state index is 9.44. The highest BCUT2D eigenvalue weighted by Crippen LogP contribution is 2.21. The minimum Gasteiger partial charge on any atom is -0.391 e. The normalized spacial score (nSPS) is 28.4. The van der Waals surface area contributed by atoms with Crippen molar-refractivity contribution < 1.29 is 5.11 Å². The molecule has 2 atom stereocenters. The summed E-state index contributed by atoms with van der Waals surface area (Å²) in [5, 5.41) is 20.7. The number of aromatic nitrogens is 4. The Kier molecular flexibility index (Phi) is 1.91. The van der Waals surface area contributed by atoms with E-state index in [-0.39, 0.29) is 6.10 Å². The Morgan fingerprint density at radius 3 is 2.77 bits per heavy atom. The molecule has 1 N–H and O–H groups in total. The number of aryl methyl sites for hydroxylation is 1. The second-order valence-corrected chi connectivity index (χ2v) is 3.49. The quantitative estimate of drug-likeness (QED) is 0.615. The Morgan fingerprint density at radius 2 is 2.31 bits per heavy atom. The third-order valence-electron chi connectivity index (χ3n) is 2.41. The molecule has 0 aromatic carbocycles. The third kappa shape index (κ3) is 1.37. The predicted molar refractivity (Wildman–Crippen MR) is 46.2 cm³/mol. The highest BCUT2D eigenvalue weighted by atomic mass is 16.3. The lowest BCUT2D eigenvalue weighted by Crippen LogP contribution is -2.29. The molecule has 2 rings (SSSR count). The molecule has 13 heavy (non-hydrogen) atoms. The van der Waals surface area contributed by atoms with E-state index >= 15 is 0 Å². The molecule has 0 aliphatic carbocycles. The molecule has 0 spiro atoms. The molecule has 0 amide bonds. The van der Waals surface area contributed by atoms with Crippen LogP contribution < -0.4 is 4.90 Å². The summed E-state index contributed by atoms with van der Waals surface area (Å²) in [5.41, 5.74) is 0. The molecular weight excluding hydrogens is 170 g/mol. The van der Waals surface area contributed by atoms with E-state index in [4.69, 9.17) is 0 Å². The van der Waals surface area contributed by atoms with Crippen LogP contribution in [-0.4, -0.2) is 44.0 Å². The van der Waals surface area contributed by atoms with Crippen LogP contribution in [0.2, 0.25) is 0 Å². The smallest absolute Gasteiger partial charge is 0.245 e. The van der Waals surface area contributed by atoms with Crippen LogP contribution in [0.3, 0.4) is 0 Å². The molecule has 0 bridgehead atoms. The zero-order chi connectivity index (χ0) is 9.42. The molecular formula is C7H13N5O. The van der Waals surface area contributed by atoms with Gasteiger partial charge in [-0.25, -0.2) is 4.68 Å². The van der Waals surface area contributed by atoms with Crippen LogP contribution in [0.1, 0.15) is 13.3 Å². The van der Waals surface area contributed by atoms with Crippen LogP contribution in [0.5, 0.6) is 0 Å². The average molecular weight is 183 g/mol. The van der Waals surface area contributed by atoms with Gasteiger partial charge in [0.2, 0.25) is 5.95 Å². The van der Waals surface area contributed by atoms with Crippen LogP contribution in [0.15, 0.2) is 0 Å². The number of anilines is 1. The zero-order valence-electron chi connectivity index (χ0n) is 7.75. The van der Waals surface area contributed by atoms with E-state index in [0.717, 1.165) is 12.4 Å². The SMILES string of the molecule is CC1CC(O)CN1c1nnnn1C. The van der Waals surface area contributed by atoms with Crippen molar-refractivity contribution in [3.8, 4) is 0 Å². The highest BCUT2D eigenvalue weighted by Gasteiger charge is 2.30. The van der Waals surface area contributed by atoms with Crippen molar-refractivity contribution in [1.82, 2.24) is 20.2 Å². The summed E-state index contributed by atoms with van der Waals surface area (Å²) >= 11 is 0. The van der Waals surface area contributed by atoms with Crippen molar-refractivity contribution in [2.24, 2.45) is 7.05 Å². The average Bonchev–Trinajstić information content (AvgIpc) is 2.58. The number of hydrogen-bond acceptors (Lipinski definition) is 5. The number of nitrogens with zero attached hydrogens (tertiary/aromatic N) is 5. The van der Waals surface area contributed by atoms with Crippen molar-refractivity contribution in [1.29, 1.82) is 0 Å². The summed E-state index contributed by atoms with van der Waals surface area (Å²) in [7, 11) is 1.80. The van der Waals surface area contributed by atoms with Crippen LogP contribution in [0.4, 0.5) is 5.95 Å². The van der Waals surface area contributed by atoms with Gasteiger partial charge in [0.15, 0.2) is 0 Å². The zero-order valence-corrected chi connectivity index (χ0v) is 7.75. The van der Waals surface area contributed by atoms with Crippen LogP contribution in [0.25, 0.3) is 0 Å².